The maximum absolute atomic E-state index is 12.6. The van der Waals surface area contributed by atoms with Gasteiger partial charge in [-0.1, -0.05) is 157 Å². The smallest absolute Gasteiger partial charge is 0.472 e. The van der Waals surface area contributed by atoms with Crippen LogP contribution in [0.5, 0.6) is 0 Å². The molecule has 0 radical (unpaired) electrons. The first-order valence-corrected chi connectivity index (χ1v) is 22.1. The number of allylic oxidation sites excluding steroid dienone is 10. The van der Waals surface area contributed by atoms with E-state index in [9.17, 15) is 28.9 Å². The van der Waals surface area contributed by atoms with Gasteiger partial charge in [-0.2, -0.15) is 0 Å². The van der Waals surface area contributed by atoms with Gasteiger partial charge in [0.05, 0.1) is 19.3 Å². The van der Waals surface area contributed by atoms with Crippen LogP contribution in [0, 0.1) is 0 Å². The van der Waals surface area contributed by atoms with Gasteiger partial charge in [0, 0.05) is 12.8 Å². The van der Waals surface area contributed by atoms with E-state index in [4.69, 9.17) is 24.8 Å². The number of ether oxygens (including phenoxy) is 2. The normalized spacial score (nSPS) is 15.1. The third-order valence-corrected chi connectivity index (χ3v) is 9.26. The lowest BCUT2D eigenvalue weighted by Crippen LogP contribution is -2.34. The Morgan fingerprint density at radius 1 is 0.661 bits per heavy atom. The van der Waals surface area contributed by atoms with Crippen LogP contribution in [0.3, 0.4) is 0 Å². The summed E-state index contributed by atoms with van der Waals surface area (Å²) in [6, 6.07) is -1.54. The number of rotatable bonds is 37. The molecule has 56 heavy (non-hydrogen) atoms. The molecule has 12 nitrogen and oxygen atoms in total. The summed E-state index contributed by atoms with van der Waals surface area (Å²) in [5.41, 5.74) is 5.31. The highest BCUT2D eigenvalue weighted by Gasteiger charge is 2.28. The second-order valence-electron chi connectivity index (χ2n) is 13.6. The maximum Gasteiger partial charge on any atom is 0.472 e. The van der Waals surface area contributed by atoms with E-state index < -0.39 is 57.2 Å². The molecule has 0 aromatic carbocycles. The Kier molecular flexibility index (Phi) is 35.4. The highest BCUT2D eigenvalue weighted by molar-refractivity contribution is 7.47. The Labute approximate surface area is 336 Å². The first-order chi connectivity index (χ1) is 27.0. The Hall–Kier alpha value is -3.12. The molecule has 0 spiro atoms. The van der Waals surface area contributed by atoms with Crippen molar-refractivity contribution in [1.29, 1.82) is 0 Å². The molecule has 0 aliphatic rings. The van der Waals surface area contributed by atoms with Gasteiger partial charge in [-0.15, -0.1) is 0 Å². The van der Waals surface area contributed by atoms with Crippen molar-refractivity contribution in [3.63, 3.8) is 0 Å². The van der Waals surface area contributed by atoms with Crippen LogP contribution in [0.2, 0.25) is 0 Å². The van der Waals surface area contributed by atoms with Crippen molar-refractivity contribution in [2.45, 2.75) is 161 Å². The molecule has 0 aromatic heterocycles. The summed E-state index contributed by atoms with van der Waals surface area (Å²) in [5.74, 6) is -2.52. The van der Waals surface area contributed by atoms with E-state index in [0.717, 1.165) is 38.5 Å². The van der Waals surface area contributed by atoms with E-state index in [-0.39, 0.29) is 19.4 Å². The van der Waals surface area contributed by atoms with E-state index in [0.29, 0.717) is 25.7 Å². The standard InChI is InChI=1S/C43H72NO11P/c1-3-5-7-8-9-10-11-16-19-22-25-29-33-41(46)52-35-39(36-53-56(50,51)54-37-40(44)43(48)49)55-42(47)34-30-26-23-20-17-14-12-13-15-18-21-24-28-32-38(45)31-27-6-4-2/h6,13-15,17,21,23-24,26-28,32,38-40,45H,3-5,7-12,16,18-20,22,25,29-31,33-37,44H2,1-2H3,(H,48,49)(H,50,51)/b15-13-,17-14-,24-21+,26-23-,27-6-,32-28+/t38?,39-,40+/m1/s1. The van der Waals surface area contributed by atoms with Crippen LogP contribution in [0.4, 0.5) is 0 Å². The highest BCUT2D eigenvalue weighted by Crippen LogP contribution is 2.43. The van der Waals surface area contributed by atoms with Gasteiger partial charge in [-0.05, 0) is 44.9 Å². The molecule has 0 fully saturated rings. The lowest BCUT2D eigenvalue weighted by Gasteiger charge is -2.20. The third-order valence-electron chi connectivity index (χ3n) is 8.31. The SMILES string of the molecule is CC/C=C\CC(O)/C=C/C=C/C/C=C\C/C=C\C/C=C\CCC(=O)O[C@H](COC(=O)CCCCCCCCCCCCCC)COP(=O)(O)OC[C@H](N)C(=O)O. The minimum absolute atomic E-state index is 0.0184. The predicted molar refractivity (Wildman–Crippen MR) is 223 cm³/mol. The van der Waals surface area contributed by atoms with Gasteiger partial charge in [0.15, 0.2) is 6.10 Å². The molecule has 5 N–H and O–H groups in total. The summed E-state index contributed by atoms with van der Waals surface area (Å²) >= 11 is 0. The largest absolute Gasteiger partial charge is 0.480 e. The number of nitrogens with two attached hydrogens (primary N) is 1. The molecule has 13 heteroatoms. The maximum atomic E-state index is 12.6. The lowest BCUT2D eigenvalue weighted by molar-refractivity contribution is -0.161. The number of carboxylic acids is 1. The number of carbonyl (C=O) groups excluding carboxylic acids is 2. The first kappa shape index (κ1) is 52.9. The molecule has 320 valence electrons. The van der Waals surface area contributed by atoms with Crippen molar-refractivity contribution in [2.24, 2.45) is 5.73 Å². The van der Waals surface area contributed by atoms with E-state index in [1.54, 1.807) is 6.08 Å². The fourth-order valence-electron chi connectivity index (χ4n) is 5.06. The monoisotopic (exact) mass is 809 g/mol. The third kappa shape index (κ3) is 36.5. The number of phosphoric acid groups is 1. The van der Waals surface area contributed by atoms with Crippen LogP contribution in [0.25, 0.3) is 0 Å². The quantitative estimate of drug-likeness (QED) is 0.0153. The van der Waals surface area contributed by atoms with E-state index in [1.807, 2.05) is 54.7 Å². The number of phosphoric ester groups is 1. The minimum atomic E-state index is -4.74. The van der Waals surface area contributed by atoms with Crippen LogP contribution in [0.15, 0.2) is 72.9 Å². The van der Waals surface area contributed by atoms with Crippen molar-refractivity contribution >= 4 is 25.7 Å². The second-order valence-corrected chi connectivity index (χ2v) is 15.0. The Morgan fingerprint density at radius 3 is 1.80 bits per heavy atom. The molecular formula is C43H72NO11P. The first-order valence-electron chi connectivity index (χ1n) is 20.6. The Balaban J connectivity index is 4.58. The average Bonchev–Trinajstić information content (AvgIpc) is 3.16. The molecule has 0 bridgehead atoms. The average molecular weight is 810 g/mol. The second kappa shape index (κ2) is 37.5. The topological polar surface area (TPSA) is 192 Å². The number of carbonyl (C=O) groups is 3. The van der Waals surface area contributed by atoms with Crippen molar-refractivity contribution in [3.8, 4) is 0 Å². The Morgan fingerprint density at radius 2 is 1.21 bits per heavy atom. The van der Waals surface area contributed by atoms with Crippen LogP contribution in [-0.2, 0) is 37.5 Å². The van der Waals surface area contributed by atoms with Gasteiger partial charge in [-0.25, -0.2) is 4.57 Å². The molecule has 2 unspecified atom stereocenters. The Bertz CT molecular complexity index is 1240. The fourth-order valence-corrected chi connectivity index (χ4v) is 5.83. The zero-order chi connectivity index (χ0) is 41.5. The summed E-state index contributed by atoms with van der Waals surface area (Å²) in [5, 5.41) is 18.7. The van der Waals surface area contributed by atoms with E-state index in [2.05, 4.69) is 30.5 Å². The molecule has 0 aromatic rings. The number of esters is 2. The van der Waals surface area contributed by atoms with Gasteiger partial charge in [0.1, 0.15) is 12.6 Å². The molecule has 0 amide bonds. The molecule has 0 aliphatic heterocycles. The van der Waals surface area contributed by atoms with Gasteiger partial charge < -0.3 is 30.3 Å². The number of unbranched alkanes of at least 4 members (excludes halogenated alkanes) is 11. The lowest BCUT2D eigenvalue weighted by atomic mass is 10.0. The number of carboxylic acid groups (broad SMARTS) is 1. The number of aliphatic hydroxyl groups is 1. The van der Waals surface area contributed by atoms with E-state index >= 15 is 0 Å². The zero-order valence-electron chi connectivity index (χ0n) is 34.1. The van der Waals surface area contributed by atoms with Crippen LogP contribution >= 0.6 is 7.82 Å². The van der Waals surface area contributed by atoms with Gasteiger partial charge in [-0.3, -0.25) is 23.4 Å². The number of hydrogen-bond acceptors (Lipinski definition) is 10. The minimum Gasteiger partial charge on any atom is -0.480 e. The molecule has 0 aliphatic carbocycles. The summed E-state index contributed by atoms with van der Waals surface area (Å²) in [6.07, 6.45) is 40.3. The van der Waals surface area contributed by atoms with Crippen LogP contribution < -0.4 is 5.73 Å². The van der Waals surface area contributed by atoms with Crippen molar-refractivity contribution in [3.05, 3.63) is 72.9 Å². The van der Waals surface area contributed by atoms with Crippen molar-refractivity contribution in [1.82, 2.24) is 0 Å². The number of aliphatic carboxylic acids is 1. The summed E-state index contributed by atoms with van der Waals surface area (Å²) in [6.45, 7) is 2.49. The van der Waals surface area contributed by atoms with Gasteiger partial charge in [0.25, 0.3) is 0 Å². The van der Waals surface area contributed by atoms with Gasteiger partial charge in [0.2, 0.25) is 0 Å². The van der Waals surface area contributed by atoms with Crippen LogP contribution in [-0.4, -0.2) is 71.1 Å². The zero-order valence-corrected chi connectivity index (χ0v) is 35.0. The highest BCUT2D eigenvalue weighted by atomic mass is 31.2. The fraction of sp³-hybridized carbons (Fsp3) is 0.651. The summed E-state index contributed by atoms with van der Waals surface area (Å²) in [7, 11) is -4.74. The molecule has 0 saturated carbocycles. The molecule has 0 heterocycles. The van der Waals surface area contributed by atoms with Crippen LogP contribution in [0.1, 0.15) is 142 Å². The van der Waals surface area contributed by atoms with E-state index in [1.165, 1.54) is 51.4 Å². The summed E-state index contributed by atoms with van der Waals surface area (Å²) in [4.78, 5) is 45.8. The number of aliphatic hydroxyl groups excluding tert-OH is 1. The van der Waals surface area contributed by atoms with Crippen molar-refractivity contribution < 1.29 is 52.6 Å². The van der Waals surface area contributed by atoms with Gasteiger partial charge >= 0.3 is 25.7 Å². The molecule has 4 atom stereocenters. The molecule has 0 rings (SSSR count). The predicted octanol–water partition coefficient (Wildman–Crippen LogP) is 9.53. The van der Waals surface area contributed by atoms with Crippen molar-refractivity contribution in [2.75, 3.05) is 19.8 Å². The number of hydrogen-bond donors (Lipinski definition) is 4. The molecule has 0 saturated heterocycles. The summed E-state index contributed by atoms with van der Waals surface area (Å²) < 4.78 is 32.5. The molecular weight excluding hydrogens is 737 g/mol.